The van der Waals surface area contributed by atoms with E-state index in [1.165, 1.54) is 0 Å². The zero-order chi connectivity index (χ0) is 8.85. The van der Waals surface area contributed by atoms with Crippen LogP contribution in [0, 0.1) is 5.92 Å². The highest BCUT2D eigenvalue weighted by atomic mass is 16.6. The maximum atomic E-state index is 10.5. The van der Waals surface area contributed by atoms with E-state index in [-0.39, 0.29) is 12.6 Å². The van der Waals surface area contributed by atoms with Crippen molar-refractivity contribution in [2.24, 2.45) is 5.92 Å². The van der Waals surface area contributed by atoms with Crippen LogP contribution in [0.4, 0.5) is 0 Å². The van der Waals surface area contributed by atoms with E-state index in [1.807, 2.05) is 0 Å². The summed E-state index contributed by atoms with van der Waals surface area (Å²) >= 11 is 0. The van der Waals surface area contributed by atoms with Crippen molar-refractivity contribution in [1.82, 2.24) is 0 Å². The van der Waals surface area contributed by atoms with Gasteiger partial charge >= 0.3 is 11.9 Å². The minimum Gasteiger partial charge on any atom is -0.392 e. The Bertz CT molecular complexity index is 187. The first kappa shape index (κ1) is 9.48. The lowest BCUT2D eigenvalue weighted by Gasteiger charge is -1.98. The Morgan fingerprint density at radius 3 is 2.00 bits per heavy atom. The lowest BCUT2D eigenvalue weighted by Crippen LogP contribution is -2.22. The van der Waals surface area contributed by atoms with E-state index in [0.717, 1.165) is 6.92 Å². The maximum Gasteiger partial charge on any atom is 0.331 e. The molecule has 0 aromatic carbocycles. The number of carbonyl (C=O) groups is 4. The largest absolute Gasteiger partial charge is 0.392 e. The molecule has 0 saturated carbocycles. The Kier molecular flexibility index (Phi) is 3.72. The molecule has 0 fully saturated rings. The van der Waals surface area contributed by atoms with Crippen molar-refractivity contribution in [3.8, 4) is 0 Å². The van der Waals surface area contributed by atoms with Crippen LogP contribution in [0.15, 0.2) is 0 Å². The molecular weight excluding hydrogens is 152 g/mol. The van der Waals surface area contributed by atoms with E-state index in [1.54, 1.807) is 0 Å². The molecule has 0 spiro atoms. The Balaban J connectivity index is 4.10. The van der Waals surface area contributed by atoms with Gasteiger partial charge in [0, 0.05) is 6.92 Å². The number of carbonyl (C=O) groups excluding carboxylic acids is 4. The number of rotatable bonds is 3. The van der Waals surface area contributed by atoms with Crippen LogP contribution in [-0.2, 0) is 23.9 Å². The maximum absolute atomic E-state index is 10.5. The molecular formula is C6H6O5. The van der Waals surface area contributed by atoms with Gasteiger partial charge in [0.1, 0.15) is 12.6 Å². The van der Waals surface area contributed by atoms with E-state index in [0.29, 0.717) is 0 Å². The van der Waals surface area contributed by atoms with Crippen molar-refractivity contribution < 1.29 is 23.9 Å². The average molecular weight is 158 g/mol. The molecule has 0 aromatic heterocycles. The number of hydrogen-bond acceptors (Lipinski definition) is 5. The molecule has 0 aliphatic carbocycles. The second-order valence-corrected chi connectivity index (χ2v) is 1.71. The average Bonchev–Trinajstić information content (AvgIpc) is 1.88. The Hall–Kier alpha value is -1.52. The van der Waals surface area contributed by atoms with Gasteiger partial charge in [-0.2, -0.15) is 0 Å². The fourth-order valence-electron chi connectivity index (χ4n) is 0.353. The highest BCUT2D eigenvalue weighted by molar-refractivity contribution is 6.05. The van der Waals surface area contributed by atoms with Gasteiger partial charge in [-0.3, -0.25) is 9.59 Å². The molecule has 11 heavy (non-hydrogen) atoms. The number of hydrogen-bond donors (Lipinski definition) is 0. The van der Waals surface area contributed by atoms with Crippen molar-refractivity contribution in [1.29, 1.82) is 0 Å². The van der Waals surface area contributed by atoms with Gasteiger partial charge in [0.15, 0.2) is 5.92 Å². The fourth-order valence-corrected chi connectivity index (χ4v) is 0.353. The van der Waals surface area contributed by atoms with Gasteiger partial charge in [-0.25, -0.2) is 0 Å². The lowest BCUT2D eigenvalue weighted by molar-refractivity contribution is -0.161. The van der Waals surface area contributed by atoms with Crippen molar-refractivity contribution >= 4 is 24.5 Å². The fraction of sp³-hybridized carbons (Fsp3) is 0.333. The van der Waals surface area contributed by atoms with Crippen LogP contribution in [0.25, 0.3) is 0 Å². The smallest absolute Gasteiger partial charge is 0.331 e. The molecule has 5 nitrogen and oxygen atoms in total. The molecule has 60 valence electrons. The molecule has 0 saturated heterocycles. The molecule has 0 unspecified atom stereocenters. The molecule has 0 aromatic rings. The SMILES string of the molecule is CC(=O)OC(=O)C(C=O)C=O. The molecule has 0 N–H and O–H groups in total. The molecule has 0 rings (SSSR count). The summed E-state index contributed by atoms with van der Waals surface area (Å²) in [5.41, 5.74) is 0. The number of ether oxygens (including phenoxy) is 1. The molecule has 0 heterocycles. The highest BCUT2D eigenvalue weighted by Gasteiger charge is 2.19. The van der Waals surface area contributed by atoms with Crippen molar-refractivity contribution in [3.63, 3.8) is 0 Å². The standard InChI is InChI=1S/C6H6O5/c1-4(9)11-6(10)5(2-7)3-8/h2-3,5H,1H3. The van der Waals surface area contributed by atoms with Gasteiger partial charge in [0.2, 0.25) is 0 Å². The first-order valence-electron chi connectivity index (χ1n) is 2.74. The summed E-state index contributed by atoms with van der Waals surface area (Å²) in [6.07, 6.45) is 0.219. The van der Waals surface area contributed by atoms with E-state index < -0.39 is 17.9 Å². The zero-order valence-corrected chi connectivity index (χ0v) is 5.77. The van der Waals surface area contributed by atoms with Crippen LogP contribution < -0.4 is 0 Å². The van der Waals surface area contributed by atoms with Crippen LogP contribution >= 0.6 is 0 Å². The van der Waals surface area contributed by atoms with Gasteiger partial charge in [-0.05, 0) is 0 Å². The normalized spacial score (nSPS) is 8.91. The Morgan fingerprint density at radius 1 is 1.27 bits per heavy atom. The zero-order valence-electron chi connectivity index (χ0n) is 5.77. The first-order chi connectivity index (χ1) is 5.11. The first-order valence-corrected chi connectivity index (χ1v) is 2.74. The monoisotopic (exact) mass is 158 g/mol. The molecule has 0 radical (unpaired) electrons. The van der Waals surface area contributed by atoms with Gasteiger partial charge in [0.05, 0.1) is 0 Å². The topological polar surface area (TPSA) is 77.5 Å². The van der Waals surface area contributed by atoms with Gasteiger partial charge in [-0.1, -0.05) is 0 Å². The lowest BCUT2D eigenvalue weighted by atomic mass is 10.2. The minimum absolute atomic E-state index is 0.109. The Labute approximate surface area is 62.3 Å². The summed E-state index contributed by atoms with van der Waals surface area (Å²) in [5.74, 6) is -3.47. The summed E-state index contributed by atoms with van der Waals surface area (Å²) in [6, 6.07) is 0. The predicted octanol–water partition coefficient (Wildman–Crippen LogP) is -0.910. The summed E-state index contributed by atoms with van der Waals surface area (Å²) in [4.78, 5) is 40.5. The predicted molar refractivity (Wildman–Crippen MR) is 32.4 cm³/mol. The third-order valence-electron chi connectivity index (χ3n) is 0.810. The van der Waals surface area contributed by atoms with Gasteiger partial charge in [-0.15, -0.1) is 0 Å². The molecule has 0 amide bonds. The van der Waals surface area contributed by atoms with E-state index >= 15 is 0 Å². The van der Waals surface area contributed by atoms with Crippen molar-refractivity contribution in [2.45, 2.75) is 6.92 Å². The summed E-state index contributed by atoms with van der Waals surface area (Å²) < 4.78 is 3.95. The van der Waals surface area contributed by atoms with Crippen molar-refractivity contribution in [3.05, 3.63) is 0 Å². The van der Waals surface area contributed by atoms with Crippen molar-refractivity contribution in [2.75, 3.05) is 0 Å². The molecule has 0 aliphatic heterocycles. The molecule has 5 heteroatoms. The van der Waals surface area contributed by atoms with E-state index in [2.05, 4.69) is 4.74 Å². The summed E-state index contributed by atoms with van der Waals surface area (Å²) in [7, 11) is 0. The molecule has 0 aliphatic rings. The third kappa shape index (κ3) is 3.24. The highest BCUT2D eigenvalue weighted by Crippen LogP contribution is 1.91. The summed E-state index contributed by atoms with van der Waals surface area (Å²) in [5, 5.41) is 0. The molecule has 0 atom stereocenters. The second-order valence-electron chi connectivity index (χ2n) is 1.71. The Morgan fingerprint density at radius 2 is 1.73 bits per heavy atom. The van der Waals surface area contributed by atoms with Crippen LogP contribution in [-0.4, -0.2) is 24.5 Å². The second kappa shape index (κ2) is 4.32. The van der Waals surface area contributed by atoms with Gasteiger partial charge in [0.25, 0.3) is 0 Å². The molecule has 0 bridgehead atoms. The van der Waals surface area contributed by atoms with Crippen LogP contribution in [0.1, 0.15) is 6.92 Å². The third-order valence-corrected chi connectivity index (χ3v) is 0.810. The van der Waals surface area contributed by atoms with Crippen LogP contribution in [0.2, 0.25) is 0 Å². The minimum atomic E-state index is -1.49. The van der Waals surface area contributed by atoms with E-state index in [4.69, 9.17) is 0 Å². The van der Waals surface area contributed by atoms with E-state index in [9.17, 15) is 19.2 Å². The van der Waals surface area contributed by atoms with Gasteiger partial charge < -0.3 is 14.3 Å². The number of esters is 2. The van der Waals surface area contributed by atoms with Crippen LogP contribution in [0.3, 0.4) is 0 Å². The quantitative estimate of drug-likeness (QED) is 0.302. The van der Waals surface area contributed by atoms with Crippen LogP contribution in [0.5, 0.6) is 0 Å². The summed E-state index contributed by atoms with van der Waals surface area (Å²) in [6.45, 7) is 1.00. The number of aldehydes is 2.